The molecule has 0 spiro atoms. The maximum absolute atomic E-state index is 12.2. The minimum atomic E-state index is -3.49. The Labute approximate surface area is 151 Å². The fraction of sp³-hybridized carbons (Fsp3) is 0.294. The second kappa shape index (κ2) is 7.47. The summed E-state index contributed by atoms with van der Waals surface area (Å²) in [5, 5.41) is 3.95. The van der Waals surface area contributed by atoms with Crippen molar-refractivity contribution < 1.29 is 12.9 Å². The highest BCUT2D eigenvalue weighted by Gasteiger charge is 2.17. The third-order valence-electron chi connectivity index (χ3n) is 3.63. The number of aryl methyl sites for hydroxylation is 2. The van der Waals surface area contributed by atoms with Gasteiger partial charge in [0.1, 0.15) is 4.21 Å². The van der Waals surface area contributed by atoms with Gasteiger partial charge in [0.2, 0.25) is 21.7 Å². The summed E-state index contributed by atoms with van der Waals surface area (Å²) in [6.07, 6.45) is 1.16. The second-order valence-corrected chi connectivity index (χ2v) is 8.77. The van der Waals surface area contributed by atoms with Crippen LogP contribution in [0.25, 0.3) is 11.4 Å². The highest BCUT2D eigenvalue weighted by molar-refractivity contribution is 7.91. The normalized spacial score (nSPS) is 11.8. The molecule has 3 aromatic rings. The Bertz CT molecular complexity index is 961. The summed E-state index contributed by atoms with van der Waals surface area (Å²) < 4.78 is 32.6. The van der Waals surface area contributed by atoms with Crippen molar-refractivity contribution in [3.63, 3.8) is 0 Å². The molecule has 2 aromatic heterocycles. The Kier molecular flexibility index (Phi) is 5.31. The summed E-state index contributed by atoms with van der Waals surface area (Å²) in [5.74, 6) is 0.909. The van der Waals surface area contributed by atoms with Gasteiger partial charge in [0, 0.05) is 23.4 Å². The number of rotatable bonds is 7. The molecule has 3 rings (SSSR count). The van der Waals surface area contributed by atoms with Crippen molar-refractivity contribution in [3.8, 4) is 11.4 Å². The molecule has 0 radical (unpaired) electrons. The number of thiophene rings is 1. The molecule has 6 nitrogen and oxygen atoms in total. The SMILES string of the molecule is CCc1ccc(S(=O)(=O)NCCc2nc(-c3cccc(C)c3)no2)s1. The fourth-order valence-electron chi connectivity index (χ4n) is 2.31. The lowest BCUT2D eigenvalue weighted by Crippen LogP contribution is -2.25. The van der Waals surface area contributed by atoms with E-state index in [1.165, 1.54) is 11.3 Å². The van der Waals surface area contributed by atoms with Crippen LogP contribution in [0.15, 0.2) is 45.1 Å². The lowest BCUT2D eigenvalue weighted by molar-refractivity contribution is 0.379. The summed E-state index contributed by atoms with van der Waals surface area (Å²) in [4.78, 5) is 5.36. The van der Waals surface area contributed by atoms with E-state index in [-0.39, 0.29) is 6.54 Å². The van der Waals surface area contributed by atoms with Gasteiger partial charge in [0.15, 0.2) is 0 Å². The molecule has 0 unspecified atom stereocenters. The van der Waals surface area contributed by atoms with Gasteiger partial charge < -0.3 is 4.52 Å². The molecule has 2 heterocycles. The Morgan fingerprint density at radius 3 is 2.80 bits per heavy atom. The first-order valence-corrected chi connectivity index (χ1v) is 10.3. The first kappa shape index (κ1) is 17.8. The Hall–Kier alpha value is -2.03. The number of aromatic nitrogens is 2. The van der Waals surface area contributed by atoms with Crippen molar-refractivity contribution in [2.24, 2.45) is 0 Å². The van der Waals surface area contributed by atoms with Gasteiger partial charge in [0.05, 0.1) is 0 Å². The molecule has 1 N–H and O–H groups in total. The van der Waals surface area contributed by atoms with E-state index in [2.05, 4.69) is 14.9 Å². The van der Waals surface area contributed by atoms with Crippen LogP contribution in [0.2, 0.25) is 0 Å². The van der Waals surface area contributed by atoms with Gasteiger partial charge >= 0.3 is 0 Å². The molecule has 0 atom stereocenters. The fourth-order valence-corrected chi connectivity index (χ4v) is 4.69. The molecule has 0 amide bonds. The predicted molar refractivity (Wildman–Crippen MR) is 97.1 cm³/mol. The van der Waals surface area contributed by atoms with Gasteiger partial charge in [-0.2, -0.15) is 4.98 Å². The van der Waals surface area contributed by atoms with Crippen LogP contribution < -0.4 is 4.72 Å². The lowest BCUT2D eigenvalue weighted by Gasteiger charge is -2.02. The van der Waals surface area contributed by atoms with Crippen LogP contribution in [0.1, 0.15) is 23.3 Å². The standard InChI is InChI=1S/C17H19N3O3S2/c1-3-14-7-8-16(24-14)25(21,22)18-10-9-15-19-17(20-23-15)13-6-4-5-12(2)11-13/h4-8,11,18H,3,9-10H2,1-2H3. The van der Waals surface area contributed by atoms with Crippen LogP contribution in [0.4, 0.5) is 0 Å². The molecular weight excluding hydrogens is 358 g/mol. The minimum absolute atomic E-state index is 0.205. The molecule has 0 bridgehead atoms. The van der Waals surface area contributed by atoms with E-state index in [1.807, 2.05) is 44.2 Å². The van der Waals surface area contributed by atoms with E-state index in [4.69, 9.17) is 4.52 Å². The molecule has 132 valence electrons. The van der Waals surface area contributed by atoms with Crippen LogP contribution in [0.3, 0.4) is 0 Å². The second-order valence-electron chi connectivity index (χ2n) is 5.60. The van der Waals surface area contributed by atoms with Gasteiger partial charge in [-0.05, 0) is 31.5 Å². The van der Waals surface area contributed by atoms with Crippen LogP contribution in [-0.4, -0.2) is 25.1 Å². The van der Waals surface area contributed by atoms with Crippen LogP contribution in [0, 0.1) is 6.92 Å². The first-order valence-electron chi connectivity index (χ1n) is 7.96. The largest absolute Gasteiger partial charge is 0.339 e. The van der Waals surface area contributed by atoms with Gasteiger partial charge in [-0.3, -0.25) is 0 Å². The van der Waals surface area contributed by atoms with Gasteiger partial charge in [-0.1, -0.05) is 35.8 Å². The van der Waals surface area contributed by atoms with E-state index in [0.717, 1.165) is 22.4 Å². The first-order chi connectivity index (χ1) is 12.0. The highest BCUT2D eigenvalue weighted by Crippen LogP contribution is 2.22. The van der Waals surface area contributed by atoms with Crippen molar-refractivity contribution in [1.29, 1.82) is 0 Å². The van der Waals surface area contributed by atoms with Crippen molar-refractivity contribution in [2.45, 2.75) is 30.9 Å². The Morgan fingerprint density at radius 2 is 2.08 bits per heavy atom. The van der Waals surface area contributed by atoms with Crippen molar-refractivity contribution >= 4 is 21.4 Å². The molecule has 0 aliphatic rings. The van der Waals surface area contributed by atoms with E-state index in [9.17, 15) is 8.42 Å². The molecule has 25 heavy (non-hydrogen) atoms. The topological polar surface area (TPSA) is 85.1 Å². The number of benzene rings is 1. The van der Waals surface area contributed by atoms with E-state index in [0.29, 0.717) is 22.3 Å². The van der Waals surface area contributed by atoms with Crippen LogP contribution in [-0.2, 0) is 22.9 Å². The third-order valence-corrected chi connectivity index (χ3v) is 6.81. The maximum Gasteiger partial charge on any atom is 0.250 e. The molecule has 8 heteroatoms. The average Bonchev–Trinajstić information content (AvgIpc) is 3.24. The number of hydrogen-bond donors (Lipinski definition) is 1. The van der Waals surface area contributed by atoms with Crippen molar-refractivity contribution in [1.82, 2.24) is 14.9 Å². The van der Waals surface area contributed by atoms with Gasteiger partial charge in [-0.15, -0.1) is 11.3 Å². The zero-order chi connectivity index (χ0) is 17.9. The summed E-state index contributed by atoms with van der Waals surface area (Å²) in [6, 6.07) is 11.3. The van der Waals surface area contributed by atoms with Crippen molar-refractivity contribution in [3.05, 3.63) is 52.7 Å². The molecule has 0 saturated carbocycles. The smallest absolute Gasteiger partial charge is 0.250 e. The number of hydrogen-bond acceptors (Lipinski definition) is 6. The summed E-state index contributed by atoms with van der Waals surface area (Å²) in [6.45, 7) is 4.20. The third kappa shape index (κ3) is 4.33. The van der Waals surface area contributed by atoms with E-state index in [1.54, 1.807) is 6.07 Å². The summed E-state index contributed by atoms with van der Waals surface area (Å²) in [7, 11) is -3.49. The predicted octanol–water partition coefficient (Wildman–Crippen LogP) is 3.19. The molecule has 0 fully saturated rings. The van der Waals surface area contributed by atoms with Gasteiger partial charge in [0.25, 0.3) is 0 Å². The maximum atomic E-state index is 12.2. The van der Waals surface area contributed by atoms with Crippen LogP contribution >= 0.6 is 11.3 Å². The van der Waals surface area contributed by atoms with E-state index < -0.39 is 10.0 Å². The Morgan fingerprint density at radius 1 is 1.24 bits per heavy atom. The van der Waals surface area contributed by atoms with E-state index >= 15 is 0 Å². The molecule has 0 aliphatic carbocycles. The molecule has 0 aliphatic heterocycles. The van der Waals surface area contributed by atoms with Crippen LogP contribution in [0.5, 0.6) is 0 Å². The Balaban J connectivity index is 1.61. The monoisotopic (exact) mass is 377 g/mol. The molecule has 0 saturated heterocycles. The average molecular weight is 377 g/mol. The molecule has 1 aromatic carbocycles. The molecular formula is C17H19N3O3S2. The number of nitrogens with zero attached hydrogens (tertiary/aromatic N) is 2. The van der Waals surface area contributed by atoms with Crippen molar-refractivity contribution in [2.75, 3.05) is 6.54 Å². The quantitative estimate of drug-likeness (QED) is 0.683. The highest BCUT2D eigenvalue weighted by atomic mass is 32.2. The lowest BCUT2D eigenvalue weighted by atomic mass is 10.1. The summed E-state index contributed by atoms with van der Waals surface area (Å²) in [5.41, 5.74) is 1.99. The minimum Gasteiger partial charge on any atom is -0.339 e. The zero-order valence-electron chi connectivity index (χ0n) is 14.0. The van der Waals surface area contributed by atoms with Gasteiger partial charge in [-0.25, -0.2) is 13.1 Å². The zero-order valence-corrected chi connectivity index (χ0v) is 15.7. The number of nitrogens with one attached hydrogen (secondary N) is 1. The number of sulfonamides is 1. The summed E-state index contributed by atoms with van der Waals surface area (Å²) >= 11 is 1.29.